The normalized spacial score (nSPS) is 11.3. The minimum Gasteiger partial charge on any atom is -0.298 e. The van der Waals surface area contributed by atoms with Crippen LogP contribution in [0.1, 0.15) is 33.8 Å². The number of alkyl halides is 3. The number of hydrogen-bond acceptors (Lipinski definition) is 4. The highest BCUT2D eigenvalue weighted by atomic mass is 35.5. The molecule has 2 aromatic heterocycles. The van der Waals surface area contributed by atoms with Crippen molar-refractivity contribution in [3.05, 3.63) is 106 Å². The lowest BCUT2D eigenvalue weighted by molar-refractivity contribution is -0.170. The molecule has 0 N–H and O–H groups in total. The van der Waals surface area contributed by atoms with Gasteiger partial charge in [-0.25, -0.2) is 4.68 Å². The summed E-state index contributed by atoms with van der Waals surface area (Å²) in [5.74, 6) is -1.97. The Bertz CT molecular complexity index is 1490. The fraction of sp³-hybridized carbons (Fsp3) is 0.185. The molecule has 0 fully saturated rings. The van der Waals surface area contributed by atoms with Crippen LogP contribution in [0.4, 0.5) is 18.9 Å². The lowest BCUT2D eigenvalue weighted by Crippen LogP contribution is -2.41. The van der Waals surface area contributed by atoms with E-state index in [4.69, 9.17) is 16.9 Å². The van der Waals surface area contributed by atoms with Crippen LogP contribution in [0.2, 0.25) is 5.02 Å². The van der Waals surface area contributed by atoms with Crippen LogP contribution in [-0.2, 0) is 17.8 Å². The largest absolute Gasteiger partial charge is 0.471 e. The molecule has 0 aliphatic carbocycles. The maximum Gasteiger partial charge on any atom is 0.471 e. The van der Waals surface area contributed by atoms with Crippen molar-refractivity contribution in [1.29, 1.82) is 5.26 Å². The highest BCUT2D eigenvalue weighted by Gasteiger charge is 2.43. The number of rotatable bonds is 6. The van der Waals surface area contributed by atoms with Gasteiger partial charge in [-0.15, -0.1) is 0 Å². The number of para-hydroxylation sites is 1. The van der Waals surface area contributed by atoms with E-state index >= 15 is 0 Å². The molecule has 37 heavy (non-hydrogen) atoms. The third-order valence-electron chi connectivity index (χ3n) is 5.94. The number of hydrogen-bond donors (Lipinski definition) is 0. The molecule has 188 valence electrons. The zero-order valence-electron chi connectivity index (χ0n) is 19.9. The summed E-state index contributed by atoms with van der Waals surface area (Å²) in [5, 5.41) is 14.0. The number of aromatic nitrogens is 3. The van der Waals surface area contributed by atoms with E-state index in [-0.39, 0.29) is 23.7 Å². The average Bonchev–Trinajstić information content (AvgIpc) is 3.15. The summed E-state index contributed by atoms with van der Waals surface area (Å²) in [6.07, 6.45) is -3.36. The van der Waals surface area contributed by atoms with Gasteiger partial charge in [-0.1, -0.05) is 35.9 Å². The summed E-state index contributed by atoms with van der Waals surface area (Å²) in [4.78, 5) is 17.3. The Hall–Kier alpha value is -4.16. The van der Waals surface area contributed by atoms with Gasteiger partial charge in [0, 0.05) is 29.6 Å². The monoisotopic (exact) mass is 523 g/mol. The van der Waals surface area contributed by atoms with Gasteiger partial charge in [0.05, 0.1) is 34.2 Å². The Morgan fingerprint density at radius 1 is 1.11 bits per heavy atom. The first kappa shape index (κ1) is 25.9. The maximum atomic E-state index is 13.6. The van der Waals surface area contributed by atoms with Crippen LogP contribution in [0.15, 0.2) is 66.9 Å². The van der Waals surface area contributed by atoms with Crippen molar-refractivity contribution in [2.45, 2.75) is 33.0 Å². The second kappa shape index (κ2) is 10.4. The van der Waals surface area contributed by atoms with E-state index < -0.39 is 12.1 Å². The summed E-state index contributed by atoms with van der Waals surface area (Å²) >= 11 is 6.20. The Morgan fingerprint density at radius 3 is 2.49 bits per heavy atom. The average molecular weight is 524 g/mol. The number of nitriles is 1. The Balaban J connectivity index is 1.75. The predicted molar refractivity (Wildman–Crippen MR) is 133 cm³/mol. The van der Waals surface area contributed by atoms with Gasteiger partial charge in [0.15, 0.2) is 0 Å². The molecule has 0 aliphatic heterocycles. The van der Waals surface area contributed by atoms with E-state index in [0.29, 0.717) is 33.1 Å². The zero-order chi connectivity index (χ0) is 26.7. The number of halogens is 4. The van der Waals surface area contributed by atoms with Crippen LogP contribution in [0.3, 0.4) is 0 Å². The van der Waals surface area contributed by atoms with Crippen molar-refractivity contribution in [2.75, 3.05) is 4.90 Å². The summed E-state index contributed by atoms with van der Waals surface area (Å²) in [6.45, 7) is 3.31. The Morgan fingerprint density at radius 2 is 1.84 bits per heavy atom. The number of nitrogens with zero attached hydrogens (tertiary/aromatic N) is 5. The molecule has 0 spiro atoms. The second-order valence-corrected chi connectivity index (χ2v) is 8.76. The number of aryl methyl sites for hydroxylation is 1. The molecule has 1 amide bonds. The van der Waals surface area contributed by atoms with Crippen LogP contribution in [0, 0.1) is 25.2 Å². The standard InChI is InChI=1S/C27H21ClF3N5O/c1-17-23(18(2)36(34-17)22-11-10-20(15-32)24(28)14-22)13-19-7-3-4-9-25(19)35(26(37)27(29,30)31)16-21-8-5-6-12-33-21/h3-12,14H,13,16H2,1-2H3. The smallest absolute Gasteiger partial charge is 0.298 e. The predicted octanol–water partition coefficient (Wildman–Crippen LogP) is 6.10. The first-order chi connectivity index (χ1) is 17.6. The SMILES string of the molecule is Cc1nn(-c2ccc(C#N)c(Cl)c2)c(C)c1Cc1ccccc1N(Cc1ccccn1)C(=O)C(F)(F)F. The van der Waals surface area contributed by atoms with Gasteiger partial charge in [0.1, 0.15) is 6.07 Å². The lowest BCUT2D eigenvalue weighted by Gasteiger charge is -2.26. The van der Waals surface area contributed by atoms with Crippen LogP contribution in [0.5, 0.6) is 0 Å². The first-order valence-electron chi connectivity index (χ1n) is 11.2. The van der Waals surface area contributed by atoms with Gasteiger partial charge >= 0.3 is 12.1 Å². The molecule has 2 heterocycles. The van der Waals surface area contributed by atoms with Crippen molar-refractivity contribution < 1.29 is 18.0 Å². The topological polar surface area (TPSA) is 74.8 Å². The number of benzene rings is 2. The Kier molecular flexibility index (Phi) is 7.32. The Labute approximate surface area is 216 Å². The minimum atomic E-state index is -5.06. The first-order valence-corrected chi connectivity index (χ1v) is 11.6. The van der Waals surface area contributed by atoms with Crippen molar-refractivity contribution in [2.24, 2.45) is 0 Å². The molecule has 0 saturated carbocycles. The van der Waals surface area contributed by atoms with Gasteiger partial charge in [-0.3, -0.25) is 14.7 Å². The van der Waals surface area contributed by atoms with Crippen molar-refractivity contribution in [3.63, 3.8) is 0 Å². The van der Waals surface area contributed by atoms with Crippen LogP contribution >= 0.6 is 11.6 Å². The number of amides is 1. The number of pyridine rings is 1. The molecular formula is C27H21ClF3N5O. The quantitative estimate of drug-likeness (QED) is 0.306. The van der Waals surface area contributed by atoms with Gasteiger partial charge in [0.25, 0.3) is 0 Å². The van der Waals surface area contributed by atoms with E-state index in [2.05, 4.69) is 10.1 Å². The van der Waals surface area contributed by atoms with E-state index in [0.717, 1.165) is 11.3 Å². The van der Waals surface area contributed by atoms with E-state index in [1.807, 2.05) is 13.0 Å². The van der Waals surface area contributed by atoms with Crippen LogP contribution in [0.25, 0.3) is 5.69 Å². The summed E-state index contributed by atoms with van der Waals surface area (Å²) in [6, 6.07) is 18.3. The van der Waals surface area contributed by atoms with E-state index in [9.17, 15) is 18.0 Å². The molecule has 6 nitrogen and oxygen atoms in total. The van der Waals surface area contributed by atoms with Gasteiger partial charge in [0.2, 0.25) is 0 Å². The van der Waals surface area contributed by atoms with Gasteiger partial charge in [-0.05, 0) is 55.8 Å². The maximum absolute atomic E-state index is 13.6. The zero-order valence-corrected chi connectivity index (χ0v) is 20.7. The van der Waals surface area contributed by atoms with Crippen molar-refractivity contribution in [3.8, 4) is 11.8 Å². The van der Waals surface area contributed by atoms with Gasteiger partial charge < -0.3 is 0 Å². The molecule has 0 atom stereocenters. The van der Waals surface area contributed by atoms with Crippen molar-refractivity contribution >= 4 is 23.2 Å². The van der Waals surface area contributed by atoms with E-state index in [1.54, 1.807) is 66.2 Å². The number of carbonyl (C=O) groups excluding carboxylic acids is 1. The second-order valence-electron chi connectivity index (χ2n) is 8.35. The molecular weight excluding hydrogens is 503 g/mol. The molecule has 2 aromatic carbocycles. The van der Waals surface area contributed by atoms with Crippen molar-refractivity contribution in [1.82, 2.24) is 14.8 Å². The molecule has 0 radical (unpaired) electrons. The minimum absolute atomic E-state index is 0.142. The highest BCUT2D eigenvalue weighted by molar-refractivity contribution is 6.31. The third kappa shape index (κ3) is 5.49. The molecule has 10 heteroatoms. The summed E-state index contributed by atoms with van der Waals surface area (Å²) in [5.41, 5.74) is 4.20. The summed E-state index contributed by atoms with van der Waals surface area (Å²) < 4.78 is 42.5. The fourth-order valence-electron chi connectivity index (χ4n) is 4.10. The fourth-order valence-corrected chi connectivity index (χ4v) is 4.31. The molecule has 0 saturated heterocycles. The molecule has 4 aromatic rings. The van der Waals surface area contributed by atoms with Gasteiger partial charge in [-0.2, -0.15) is 23.5 Å². The highest BCUT2D eigenvalue weighted by Crippen LogP contribution is 2.31. The molecule has 0 bridgehead atoms. The third-order valence-corrected chi connectivity index (χ3v) is 6.26. The molecule has 0 unspecified atom stereocenters. The number of carbonyl (C=O) groups is 1. The van der Waals surface area contributed by atoms with E-state index in [1.165, 1.54) is 12.3 Å². The molecule has 0 aliphatic rings. The summed E-state index contributed by atoms with van der Waals surface area (Å²) in [7, 11) is 0. The lowest BCUT2D eigenvalue weighted by atomic mass is 10.0. The molecule has 4 rings (SSSR count). The number of anilines is 1. The van der Waals surface area contributed by atoms with Crippen LogP contribution < -0.4 is 4.90 Å². The van der Waals surface area contributed by atoms with Crippen LogP contribution in [-0.4, -0.2) is 26.8 Å².